The van der Waals surface area contributed by atoms with Gasteiger partial charge in [-0.05, 0) is 37.5 Å². The van der Waals surface area contributed by atoms with Crippen molar-refractivity contribution < 1.29 is 0 Å². The Hall–Kier alpha value is -1.12. The standard InChI is InChI=1S/C15H17NS/c1-10-4-3-5-12(6-10)15-8-13-9-16-11(2)7-14(13)17-15/h3-6,8,11,16H,7,9H2,1-2H3. The number of thiophene rings is 1. The van der Waals surface area contributed by atoms with Crippen LogP contribution < -0.4 is 5.32 Å². The van der Waals surface area contributed by atoms with E-state index in [9.17, 15) is 0 Å². The zero-order valence-corrected chi connectivity index (χ0v) is 11.1. The molecule has 0 saturated heterocycles. The van der Waals surface area contributed by atoms with Crippen LogP contribution in [0.4, 0.5) is 0 Å². The Labute approximate surface area is 106 Å². The van der Waals surface area contributed by atoms with Crippen molar-refractivity contribution in [3.05, 3.63) is 46.3 Å². The summed E-state index contributed by atoms with van der Waals surface area (Å²) in [6.45, 7) is 5.44. The third-order valence-corrected chi connectivity index (χ3v) is 4.58. The van der Waals surface area contributed by atoms with Crippen molar-refractivity contribution in [3.8, 4) is 10.4 Å². The fourth-order valence-corrected chi connectivity index (χ4v) is 3.67. The number of hydrogen-bond donors (Lipinski definition) is 1. The van der Waals surface area contributed by atoms with Crippen LogP contribution in [0.3, 0.4) is 0 Å². The number of benzene rings is 1. The first kappa shape index (κ1) is 11.0. The van der Waals surface area contributed by atoms with Gasteiger partial charge in [-0.25, -0.2) is 0 Å². The molecule has 1 atom stereocenters. The minimum absolute atomic E-state index is 0.617. The molecule has 1 nitrogen and oxygen atoms in total. The van der Waals surface area contributed by atoms with Gasteiger partial charge in [-0.1, -0.05) is 29.8 Å². The average Bonchev–Trinajstić information content (AvgIpc) is 2.72. The van der Waals surface area contributed by atoms with E-state index in [1.54, 1.807) is 4.88 Å². The van der Waals surface area contributed by atoms with Gasteiger partial charge in [0.1, 0.15) is 0 Å². The molecule has 1 aliphatic rings. The fraction of sp³-hybridized carbons (Fsp3) is 0.333. The van der Waals surface area contributed by atoms with Crippen molar-refractivity contribution >= 4 is 11.3 Å². The molecule has 0 amide bonds. The second kappa shape index (κ2) is 4.28. The van der Waals surface area contributed by atoms with Crippen LogP contribution in [0.1, 0.15) is 22.9 Å². The summed E-state index contributed by atoms with van der Waals surface area (Å²) in [5, 5.41) is 3.52. The Morgan fingerprint density at radius 3 is 3.00 bits per heavy atom. The summed E-state index contributed by atoms with van der Waals surface area (Å²) in [7, 11) is 0. The van der Waals surface area contributed by atoms with E-state index in [0.717, 1.165) is 6.54 Å². The van der Waals surface area contributed by atoms with Gasteiger partial charge in [0.05, 0.1) is 0 Å². The van der Waals surface area contributed by atoms with Gasteiger partial charge >= 0.3 is 0 Å². The highest BCUT2D eigenvalue weighted by atomic mass is 32.1. The highest BCUT2D eigenvalue weighted by molar-refractivity contribution is 7.15. The Kier molecular flexibility index (Phi) is 2.77. The van der Waals surface area contributed by atoms with Crippen molar-refractivity contribution in [2.24, 2.45) is 0 Å². The van der Waals surface area contributed by atoms with E-state index in [0.29, 0.717) is 6.04 Å². The number of nitrogens with one attached hydrogen (secondary N) is 1. The molecule has 2 heterocycles. The first-order valence-corrected chi connectivity index (χ1v) is 6.96. The first-order valence-electron chi connectivity index (χ1n) is 6.14. The van der Waals surface area contributed by atoms with E-state index in [1.807, 2.05) is 11.3 Å². The van der Waals surface area contributed by atoms with Crippen molar-refractivity contribution in [2.45, 2.75) is 32.9 Å². The van der Waals surface area contributed by atoms with Gasteiger partial charge in [0.2, 0.25) is 0 Å². The molecule has 1 aliphatic heterocycles. The minimum Gasteiger partial charge on any atom is -0.310 e. The maximum Gasteiger partial charge on any atom is 0.0349 e. The largest absolute Gasteiger partial charge is 0.310 e. The zero-order valence-electron chi connectivity index (χ0n) is 10.3. The van der Waals surface area contributed by atoms with Gasteiger partial charge in [-0.15, -0.1) is 11.3 Å². The number of hydrogen-bond acceptors (Lipinski definition) is 2. The third kappa shape index (κ3) is 2.15. The fourth-order valence-electron chi connectivity index (χ4n) is 2.36. The van der Waals surface area contributed by atoms with E-state index in [4.69, 9.17) is 0 Å². The van der Waals surface area contributed by atoms with Gasteiger partial charge in [0.15, 0.2) is 0 Å². The first-order chi connectivity index (χ1) is 8.22. The summed E-state index contributed by atoms with van der Waals surface area (Å²) in [6.07, 6.45) is 1.17. The SMILES string of the molecule is Cc1cccc(-c2cc3c(s2)CC(C)NC3)c1. The minimum atomic E-state index is 0.617. The molecule has 0 fully saturated rings. The lowest BCUT2D eigenvalue weighted by Gasteiger charge is -2.19. The second-order valence-corrected chi connectivity index (χ2v) is 6.05. The van der Waals surface area contributed by atoms with Crippen molar-refractivity contribution in [3.63, 3.8) is 0 Å². The summed E-state index contributed by atoms with van der Waals surface area (Å²) < 4.78 is 0. The number of aryl methyl sites for hydroxylation is 1. The molecule has 88 valence electrons. The summed E-state index contributed by atoms with van der Waals surface area (Å²) in [6, 6.07) is 11.7. The molecule has 1 aromatic heterocycles. The normalized spacial score (nSPS) is 19.1. The molecule has 0 radical (unpaired) electrons. The lowest BCUT2D eigenvalue weighted by atomic mass is 10.0. The lowest BCUT2D eigenvalue weighted by molar-refractivity contribution is 0.520. The van der Waals surface area contributed by atoms with E-state index in [2.05, 4.69) is 49.5 Å². The van der Waals surface area contributed by atoms with Crippen LogP contribution in [-0.4, -0.2) is 6.04 Å². The molecule has 3 rings (SSSR count). The summed E-state index contributed by atoms with van der Waals surface area (Å²) in [5.74, 6) is 0. The monoisotopic (exact) mass is 243 g/mol. The van der Waals surface area contributed by atoms with Crippen LogP contribution in [0.2, 0.25) is 0 Å². The maximum atomic E-state index is 3.52. The van der Waals surface area contributed by atoms with Crippen LogP contribution >= 0.6 is 11.3 Å². The highest BCUT2D eigenvalue weighted by Gasteiger charge is 2.17. The van der Waals surface area contributed by atoms with Crippen molar-refractivity contribution in [2.75, 3.05) is 0 Å². The third-order valence-electron chi connectivity index (χ3n) is 3.33. The van der Waals surface area contributed by atoms with Crippen molar-refractivity contribution in [1.82, 2.24) is 5.32 Å². The summed E-state index contributed by atoms with van der Waals surface area (Å²) in [5.41, 5.74) is 4.18. The van der Waals surface area contributed by atoms with Gasteiger partial charge in [-0.3, -0.25) is 0 Å². The molecule has 2 heteroatoms. The maximum absolute atomic E-state index is 3.52. The van der Waals surface area contributed by atoms with E-state index >= 15 is 0 Å². The van der Waals surface area contributed by atoms with Gasteiger partial charge in [-0.2, -0.15) is 0 Å². The molecule has 1 unspecified atom stereocenters. The Balaban J connectivity index is 2.00. The predicted molar refractivity (Wildman–Crippen MR) is 74.5 cm³/mol. The van der Waals surface area contributed by atoms with Gasteiger partial charge in [0.25, 0.3) is 0 Å². The number of rotatable bonds is 1. The van der Waals surface area contributed by atoms with E-state index in [-0.39, 0.29) is 0 Å². The molecule has 0 aliphatic carbocycles. The predicted octanol–water partition coefficient (Wildman–Crippen LogP) is 3.76. The molecule has 0 spiro atoms. The zero-order chi connectivity index (χ0) is 11.8. The Bertz CT molecular complexity index is 542. The molecule has 1 N–H and O–H groups in total. The quantitative estimate of drug-likeness (QED) is 0.804. The number of fused-ring (bicyclic) bond motifs is 1. The molecular formula is C15H17NS. The highest BCUT2D eigenvalue weighted by Crippen LogP contribution is 2.34. The van der Waals surface area contributed by atoms with Crippen LogP contribution in [0.15, 0.2) is 30.3 Å². The topological polar surface area (TPSA) is 12.0 Å². The summed E-state index contributed by atoms with van der Waals surface area (Å²) >= 11 is 1.96. The lowest BCUT2D eigenvalue weighted by Crippen LogP contribution is -2.31. The van der Waals surface area contributed by atoms with Crippen LogP contribution in [0, 0.1) is 6.92 Å². The summed E-state index contributed by atoms with van der Waals surface area (Å²) in [4.78, 5) is 2.97. The Morgan fingerprint density at radius 1 is 1.29 bits per heavy atom. The molecule has 17 heavy (non-hydrogen) atoms. The molecular weight excluding hydrogens is 226 g/mol. The van der Waals surface area contributed by atoms with Gasteiger partial charge < -0.3 is 5.32 Å². The van der Waals surface area contributed by atoms with Gasteiger partial charge in [0, 0.05) is 22.3 Å². The Morgan fingerprint density at radius 2 is 2.18 bits per heavy atom. The van der Waals surface area contributed by atoms with E-state index < -0.39 is 0 Å². The molecule has 1 aromatic carbocycles. The smallest absolute Gasteiger partial charge is 0.0349 e. The van der Waals surface area contributed by atoms with Crippen LogP contribution in [0.5, 0.6) is 0 Å². The van der Waals surface area contributed by atoms with Crippen LogP contribution in [0.25, 0.3) is 10.4 Å². The second-order valence-electron chi connectivity index (χ2n) is 4.91. The van der Waals surface area contributed by atoms with Crippen LogP contribution in [-0.2, 0) is 13.0 Å². The van der Waals surface area contributed by atoms with E-state index in [1.165, 1.54) is 28.0 Å². The average molecular weight is 243 g/mol. The van der Waals surface area contributed by atoms with Crippen molar-refractivity contribution in [1.29, 1.82) is 0 Å². The molecule has 0 saturated carbocycles. The molecule has 2 aromatic rings. The molecule has 0 bridgehead atoms.